The first kappa shape index (κ1) is 10.1. The molecular formula is C11H8ClFN2. The predicted molar refractivity (Wildman–Crippen MR) is 56.2 cm³/mol. The molecule has 1 heterocycles. The first-order valence-electron chi connectivity index (χ1n) is 4.45. The molecule has 4 heteroatoms. The Hall–Kier alpha value is -1.48. The molecule has 0 saturated heterocycles. The third-order valence-electron chi connectivity index (χ3n) is 1.97. The van der Waals surface area contributed by atoms with Gasteiger partial charge in [-0.3, -0.25) is 0 Å². The molecule has 0 spiro atoms. The van der Waals surface area contributed by atoms with Gasteiger partial charge in [0, 0.05) is 6.42 Å². The highest BCUT2D eigenvalue weighted by Crippen LogP contribution is 2.11. The van der Waals surface area contributed by atoms with Crippen LogP contribution >= 0.6 is 11.6 Å². The standard InChI is InChI=1S/C11H8ClFN2/c12-9-6-11(15-14-7-9)5-8-1-3-10(13)4-2-8/h1-4,6-7H,5H2. The summed E-state index contributed by atoms with van der Waals surface area (Å²) in [5.41, 5.74) is 1.75. The number of hydrogen-bond acceptors (Lipinski definition) is 2. The zero-order valence-electron chi connectivity index (χ0n) is 7.82. The molecule has 0 aliphatic heterocycles. The smallest absolute Gasteiger partial charge is 0.123 e. The fraction of sp³-hybridized carbons (Fsp3) is 0.0909. The summed E-state index contributed by atoms with van der Waals surface area (Å²) in [7, 11) is 0. The lowest BCUT2D eigenvalue weighted by Crippen LogP contribution is -1.94. The Bertz CT molecular complexity index is 456. The van der Waals surface area contributed by atoms with E-state index in [0.717, 1.165) is 11.3 Å². The Kier molecular flexibility index (Phi) is 2.92. The molecule has 76 valence electrons. The first-order valence-corrected chi connectivity index (χ1v) is 4.83. The summed E-state index contributed by atoms with van der Waals surface area (Å²) in [6.07, 6.45) is 2.09. The topological polar surface area (TPSA) is 25.8 Å². The van der Waals surface area contributed by atoms with Crippen LogP contribution in [0, 0.1) is 5.82 Å². The Balaban J connectivity index is 2.18. The quantitative estimate of drug-likeness (QED) is 0.781. The maximum Gasteiger partial charge on any atom is 0.123 e. The summed E-state index contributed by atoms with van der Waals surface area (Å²) >= 11 is 5.77. The highest BCUT2D eigenvalue weighted by atomic mass is 35.5. The van der Waals surface area contributed by atoms with Crippen molar-refractivity contribution >= 4 is 11.6 Å². The summed E-state index contributed by atoms with van der Waals surface area (Å²) in [6, 6.07) is 8.04. The third kappa shape index (κ3) is 2.73. The molecule has 15 heavy (non-hydrogen) atoms. The Morgan fingerprint density at radius 2 is 1.93 bits per heavy atom. The molecule has 0 radical (unpaired) electrons. The second kappa shape index (κ2) is 4.36. The minimum absolute atomic E-state index is 0.240. The number of hydrogen-bond donors (Lipinski definition) is 0. The maximum absolute atomic E-state index is 12.6. The van der Waals surface area contributed by atoms with Crippen molar-refractivity contribution in [3.8, 4) is 0 Å². The normalized spacial score (nSPS) is 10.3. The number of nitrogens with zero attached hydrogens (tertiary/aromatic N) is 2. The van der Waals surface area contributed by atoms with Gasteiger partial charge in [0.15, 0.2) is 0 Å². The molecule has 1 aromatic carbocycles. The van der Waals surface area contributed by atoms with E-state index in [9.17, 15) is 4.39 Å². The van der Waals surface area contributed by atoms with E-state index in [1.807, 2.05) is 0 Å². The summed E-state index contributed by atoms with van der Waals surface area (Å²) in [6.45, 7) is 0. The lowest BCUT2D eigenvalue weighted by Gasteiger charge is -2.00. The van der Waals surface area contributed by atoms with E-state index < -0.39 is 0 Å². The van der Waals surface area contributed by atoms with Gasteiger partial charge in [-0.2, -0.15) is 10.2 Å². The first-order chi connectivity index (χ1) is 7.24. The van der Waals surface area contributed by atoms with Gasteiger partial charge in [0.05, 0.1) is 16.9 Å². The maximum atomic E-state index is 12.6. The molecule has 0 N–H and O–H groups in total. The van der Waals surface area contributed by atoms with E-state index in [-0.39, 0.29) is 5.82 Å². The Morgan fingerprint density at radius 1 is 1.20 bits per heavy atom. The van der Waals surface area contributed by atoms with Crippen LogP contribution in [0.2, 0.25) is 5.02 Å². The van der Waals surface area contributed by atoms with E-state index in [1.165, 1.54) is 18.3 Å². The van der Waals surface area contributed by atoms with Crippen LogP contribution in [0.3, 0.4) is 0 Å². The molecule has 1 aromatic heterocycles. The average Bonchev–Trinajstić information content (AvgIpc) is 2.22. The molecule has 2 rings (SSSR count). The van der Waals surface area contributed by atoms with Gasteiger partial charge in [0.2, 0.25) is 0 Å². The summed E-state index contributed by atoms with van der Waals surface area (Å²) in [5.74, 6) is -0.240. The monoisotopic (exact) mass is 222 g/mol. The van der Waals surface area contributed by atoms with Crippen molar-refractivity contribution < 1.29 is 4.39 Å². The molecule has 0 amide bonds. The largest absolute Gasteiger partial charge is 0.207 e. The van der Waals surface area contributed by atoms with Crippen molar-refractivity contribution in [3.63, 3.8) is 0 Å². The van der Waals surface area contributed by atoms with Crippen molar-refractivity contribution in [3.05, 3.63) is 58.6 Å². The van der Waals surface area contributed by atoms with Gasteiger partial charge in [-0.05, 0) is 23.8 Å². The van der Waals surface area contributed by atoms with Crippen molar-refractivity contribution in [2.24, 2.45) is 0 Å². The second-order valence-electron chi connectivity index (χ2n) is 3.17. The van der Waals surface area contributed by atoms with Gasteiger partial charge in [-0.25, -0.2) is 4.39 Å². The molecule has 0 aliphatic carbocycles. The van der Waals surface area contributed by atoms with E-state index in [0.29, 0.717) is 11.4 Å². The molecule has 2 nitrogen and oxygen atoms in total. The van der Waals surface area contributed by atoms with Gasteiger partial charge in [-0.15, -0.1) is 0 Å². The van der Waals surface area contributed by atoms with E-state index in [4.69, 9.17) is 11.6 Å². The van der Waals surface area contributed by atoms with Gasteiger partial charge < -0.3 is 0 Å². The fourth-order valence-electron chi connectivity index (χ4n) is 1.28. The van der Waals surface area contributed by atoms with Crippen LogP contribution < -0.4 is 0 Å². The number of halogens is 2. The minimum Gasteiger partial charge on any atom is -0.207 e. The van der Waals surface area contributed by atoms with Crippen LogP contribution in [0.25, 0.3) is 0 Å². The number of rotatable bonds is 2. The van der Waals surface area contributed by atoms with Crippen LogP contribution in [-0.2, 0) is 6.42 Å². The highest BCUT2D eigenvalue weighted by molar-refractivity contribution is 6.30. The molecule has 0 aliphatic rings. The highest BCUT2D eigenvalue weighted by Gasteiger charge is 1.99. The van der Waals surface area contributed by atoms with Crippen molar-refractivity contribution in [1.82, 2.24) is 10.2 Å². The average molecular weight is 223 g/mol. The van der Waals surface area contributed by atoms with Gasteiger partial charge >= 0.3 is 0 Å². The van der Waals surface area contributed by atoms with Crippen molar-refractivity contribution in [1.29, 1.82) is 0 Å². The molecule has 0 unspecified atom stereocenters. The zero-order chi connectivity index (χ0) is 10.7. The molecule has 0 saturated carbocycles. The van der Waals surface area contributed by atoms with E-state index in [2.05, 4.69) is 10.2 Å². The van der Waals surface area contributed by atoms with E-state index >= 15 is 0 Å². The SMILES string of the molecule is Fc1ccc(Cc2cc(Cl)cnn2)cc1. The second-order valence-corrected chi connectivity index (χ2v) is 3.60. The van der Waals surface area contributed by atoms with Gasteiger partial charge in [0.25, 0.3) is 0 Å². The van der Waals surface area contributed by atoms with Crippen LogP contribution in [0.4, 0.5) is 4.39 Å². The van der Waals surface area contributed by atoms with Crippen LogP contribution in [0.5, 0.6) is 0 Å². The summed E-state index contributed by atoms with van der Waals surface area (Å²) in [5, 5.41) is 8.23. The number of benzene rings is 1. The van der Waals surface area contributed by atoms with Crippen molar-refractivity contribution in [2.45, 2.75) is 6.42 Å². The van der Waals surface area contributed by atoms with Crippen molar-refractivity contribution in [2.75, 3.05) is 0 Å². The van der Waals surface area contributed by atoms with Gasteiger partial charge in [0.1, 0.15) is 5.82 Å². The lowest BCUT2D eigenvalue weighted by molar-refractivity contribution is 0.627. The summed E-state index contributed by atoms with van der Waals surface area (Å²) < 4.78 is 12.6. The molecule has 0 atom stereocenters. The third-order valence-corrected chi connectivity index (χ3v) is 2.18. The number of aromatic nitrogens is 2. The Labute approximate surface area is 91.7 Å². The van der Waals surface area contributed by atoms with Gasteiger partial charge in [-0.1, -0.05) is 23.7 Å². The van der Waals surface area contributed by atoms with E-state index in [1.54, 1.807) is 18.2 Å². The molecule has 2 aromatic rings. The lowest BCUT2D eigenvalue weighted by atomic mass is 10.1. The molecule has 0 fully saturated rings. The fourth-order valence-corrected chi connectivity index (χ4v) is 1.45. The predicted octanol–water partition coefficient (Wildman–Crippen LogP) is 2.86. The van der Waals surface area contributed by atoms with Crippen LogP contribution in [-0.4, -0.2) is 10.2 Å². The zero-order valence-corrected chi connectivity index (χ0v) is 8.58. The van der Waals surface area contributed by atoms with Crippen LogP contribution in [0.15, 0.2) is 36.5 Å². The Morgan fingerprint density at radius 3 is 2.60 bits per heavy atom. The molecular weight excluding hydrogens is 215 g/mol. The van der Waals surface area contributed by atoms with Crippen LogP contribution in [0.1, 0.15) is 11.3 Å². The summed E-state index contributed by atoms with van der Waals surface area (Å²) in [4.78, 5) is 0. The molecule has 0 bridgehead atoms. The minimum atomic E-state index is -0.240.